The van der Waals surface area contributed by atoms with Gasteiger partial charge in [0.2, 0.25) is 0 Å². The van der Waals surface area contributed by atoms with Crippen LogP contribution in [0.25, 0.3) is 0 Å². The van der Waals surface area contributed by atoms with Crippen LogP contribution in [0.4, 0.5) is 0 Å². The van der Waals surface area contributed by atoms with Gasteiger partial charge in [-0.15, -0.1) is 0 Å². The number of aliphatic hydroxyl groups is 1. The summed E-state index contributed by atoms with van der Waals surface area (Å²) in [6, 6.07) is 0. The largest absolute Gasteiger partial charge is 0.481 e. The quantitative estimate of drug-likeness (QED) is 0.211. The number of esters is 1. The van der Waals surface area contributed by atoms with E-state index in [9.17, 15) is 29.4 Å². The van der Waals surface area contributed by atoms with Gasteiger partial charge in [0, 0.05) is 31.1 Å². The van der Waals surface area contributed by atoms with E-state index in [1.807, 2.05) is 13.0 Å². The Morgan fingerprint density at radius 3 is 2.14 bits per heavy atom. The van der Waals surface area contributed by atoms with E-state index < -0.39 is 11.4 Å². The summed E-state index contributed by atoms with van der Waals surface area (Å²) in [6.45, 7) is 22.0. The van der Waals surface area contributed by atoms with Crippen LogP contribution in [-0.4, -0.2) is 45.9 Å². The summed E-state index contributed by atoms with van der Waals surface area (Å²) in [6.07, 6.45) is 20.8. The molecule has 9 aliphatic carbocycles. The van der Waals surface area contributed by atoms with Crippen molar-refractivity contribution in [3.8, 4) is 0 Å². The molecule has 0 aromatic rings. The van der Waals surface area contributed by atoms with E-state index in [4.69, 9.17) is 4.74 Å². The van der Waals surface area contributed by atoms with Crippen molar-refractivity contribution < 1.29 is 34.1 Å². The van der Waals surface area contributed by atoms with Crippen LogP contribution in [0.1, 0.15) is 178 Å². The summed E-state index contributed by atoms with van der Waals surface area (Å²) in [4.78, 5) is 50.2. The molecule has 0 aliphatic heterocycles. The summed E-state index contributed by atoms with van der Waals surface area (Å²) in [5, 5.41) is 20.9. The van der Waals surface area contributed by atoms with E-state index in [1.165, 1.54) is 24.5 Å². The molecule has 0 heterocycles. The van der Waals surface area contributed by atoms with Gasteiger partial charge in [0.15, 0.2) is 5.78 Å². The van der Waals surface area contributed by atoms with Gasteiger partial charge < -0.3 is 14.9 Å². The molecule has 0 bridgehead atoms. The van der Waals surface area contributed by atoms with Gasteiger partial charge >= 0.3 is 11.9 Å². The fourth-order valence-electron chi connectivity index (χ4n) is 17.1. The Bertz CT molecular complexity index is 1820. The number of allylic oxidation sites excluding steroid dienone is 3. The molecule has 0 aromatic heterocycles. The van der Waals surface area contributed by atoms with Gasteiger partial charge in [-0.2, -0.15) is 0 Å². The molecule has 2 N–H and O–H groups in total. The third-order valence-corrected chi connectivity index (χ3v) is 21.2. The van der Waals surface area contributed by atoms with Crippen molar-refractivity contribution in [1.82, 2.24) is 0 Å². The smallest absolute Gasteiger partial charge is 0.309 e. The molecule has 0 radical (unpaired) electrons. The normalized spacial score (nSPS) is 51.3. The van der Waals surface area contributed by atoms with Gasteiger partial charge in [0.05, 0.1) is 11.5 Å². The fourth-order valence-corrected chi connectivity index (χ4v) is 17.1. The van der Waals surface area contributed by atoms with Crippen LogP contribution in [0.5, 0.6) is 0 Å². The lowest BCUT2D eigenvalue weighted by molar-refractivity contribution is -0.202. The first-order chi connectivity index (χ1) is 26.9. The molecule has 9 aliphatic rings. The van der Waals surface area contributed by atoms with Crippen molar-refractivity contribution in [2.45, 2.75) is 191 Å². The van der Waals surface area contributed by atoms with Crippen LogP contribution in [0, 0.1) is 78.8 Å². The van der Waals surface area contributed by atoms with Crippen LogP contribution in [-0.2, 0) is 23.9 Å². The number of aliphatic carboxylic acids is 1. The summed E-state index contributed by atoms with van der Waals surface area (Å²) >= 11 is 0. The van der Waals surface area contributed by atoms with Crippen LogP contribution >= 0.6 is 0 Å². The van der Waals surface area contributed by atoms with Crippen molar-refractivity contribution in [3.63, 3.8) is 0 Å². The molecule has 0 aromatic carbocycles. The van der Waals surface area contributed by atoms with Crippen molar-refractivity contribution in [3.05, 3.63) is 23.3 Å². The van der Waals surface area contributed by atoms with E-state index in [0.29, 0.717) is 35.9 Å². The second-order valence-corrected chi connectivity index (χ2v) is 24.1. The molecule has 58 heavy (non-hydrogen) atoms. The number of carboxylic acids is 1. The van der Waals surface area contributed by atoms with Gasteiger partial charge in [-0.3, -0.25) is 19.2 Å². The minimum absolute atomic E-state index is 0.0296. The summed E-state index contributed by atoms with van der Waals surface area (Å²) < 4.78 is 5.50. The molecular weight excluding hydrogens is 725 g/mol. The molecular formula is C51H76O7. The topological polar surface area (TPSA) is 118 Å². The van der Waals surface area contributed by atoms with Crippen molar-refractivity contribution >= 4 is 23.5 Å². The van der Waals surface area contributed by atoms with Crippen molar-refractivity contribution in [2.24, 2.45) is 78.8 Å². The number of fused-ring (bicyclic) bond motifs is 12. The van der Waals surface area contributed by atoms with Crippen LogP contribution in [0.2, 0.25) is 0 Å². The second kappa shape index (κ2) is 13.6. The monoisotopic (exact) mass is 801 g/mol. The number of Topliss-reactive ketones (excluding diaryl/α,β-unsaturated/α-hetero) is 1. The van der Waals surface area contributed by atoms with E-state index in [0.717, 1.165) is 96.3 Å². The first kappa shape index (κ1) is 42.4. The molecule has 7 heteroatoms. The number of ether oxygens (including phenoxy) is 1. The fraction of sp³-hybridized carbons (Fsp3) is 0.843. The average Bonchev–Trinajstić information content (AvgIpc) is 3.45. The zero-order valence-electron chi connectivity index (χ0n) is 37.7. The summed E-state index contributed by atoms with van der Waals surface area (Å²) in [5.74, 6) is 2.39. The Morgan fingerprint density at radius 2 is 1.45 bits per heavy atom. The number of aliphatic hydroxyl groups excluding tert-OH is 1. The van der Waals surface area contributed by atoms with Crippen molar-refractivity contribution in [1.29, 1.82) is 0 Å². The zero-order chi connectivity index (χ0) is 42.2. The number of ketones is 2. The maximum atomic E-state index is 14.2. The molecule has 15 unspecified atom stereocenters. The highest BCUT2D eigenvalue weighted by Crippen LogP contribution is 2.75. The first-order valence-electron chi connectivity index (χ1n) is 23.5. The van der Waals surface area contributed by atoms with Gasteiger partial charge in [0.1, 0.15) is 11.9 Å². The first-order valence-corrected chi connectivity index (χ1v) is 23.5. The molecule has 0 amide bonds. The molecule has 0 spiro atoms. The Morgan fingerprint density at radius 1 is 0.776 bits per heavy atom. The maximum Gasteiger partial charge on any atom is 0.309 e. The van der Waals surface area contributed by atoms with Crippen LogP contribution in [0.3, 0.4) is 0 Å². The molecule has 9 rings (SSSR count). The maximum absolute atomic E-state index is 14.2. The number of hydrogen-bond acceptors (Lipinski definition) is 6. The molecule has 7 fully saturated rings. The highest BCUT2D eigenvalue weighted by molar-refractivity contribution is 5.95. The van der Waals surface area contributed by atoms with E-state index in [2.05, 4.69) is 61.5 Å². The summed E-state index contributed by atoms with van der Waals surface area (Å²) in [7, 11) is 0. The van der Waals surface area contributed by atoms with Gasteiger partial charge in [0.25, 0.3) is 0 Å². The van der Waals surface area contributed by atoms with Crippen molar-refractivity contribution in [2.75, 3.05) is 0 Å². The Balaban J connectivity index is 0.000000172. The molecule has 15 atom stereocenters. The van der Waals surface area contributed by atoms with Gasteiger partial charge in [-0.1, -0.05) is 72.6 Å². The standard InChI is InChI=1S/C30H46O4.C21H30O3/c1-25(2)21-8-11-30(7)23(28(21,5)10-9-22(25)32)20(31)16-18-19-17-27(4,24(33)34)13-12-26(19,3)14-15-29(18,30)6;1-13(22)24-15-8-10-20(2)14(12-15)4-5-16-17-6-7-19(23)21(17,3)11-9-18(16)20/h16,19,21-23,32H,8-15,17H2,1-7H3,(H,33,34);4,15-18H,5-12H2,1-3H3. The second-order valence-electron chi connectivity index (χ2n) is 24.1. The number of carboxylic acid groups (broad SMARTS) is 1. The number of rotatable bonds is 2. The number of carbonyl (C=O) groups is 4. The highest BCUT2D eigenvalue weighted by Gasteiger charge is 2.70. The number of hydrogen-bond donors (Lipinski definition) is 2. The molecule has 7 saturated carbocycles. The highest BCUT2D eigenvalue weighted by atomic mass is 16.5. The SMILES string of the molecule is CC(=O)OC1CCC2(C)C(=CCC3C4CCC(=O)C4(C)CCC32)C1.CC1(C(=O)O)CCC2(C)CCC3(C)C(=CC(=O)C4C5(C)CCC(O)C(C)(C)C5CCC43C)C2C1. The lowest BCUT2D eigenvalue weighted by atomic mass is 9.33. The zero-order valence-corrected chi connectivity index (χ0v) is 37.7. The predicted octanol–water partition coefficient (Wildman–Crippen LogP) is 10.9. The number of carbonyl (C=O) groups excluding carboxylic acids is 3. The van der Waals surface area contributed by atoms with Crippen LogP contribution in [0.15, 0.2) is 23.3 Å². The third-order valence-electron chi connectivity index (χ3n) is 21.2. The minimum Gasteiger partial charge on any atom is -0.481 e. The summed E-state index contributed by atoms with van der Waals surface area (Å²) in [5.41, 5.74) is 1.88. The molecule has 7 nitrogen and oxygen atoms in total. The molecule has 0 saturated heterocycles. The predicted molar refractivity (Wildman–Crippen MR) is 225 cm³/mol. The third kappa shape index (κ3) is 5.85. The lowest BCUT2D eigenvalue weighted by Crippen LogP contribution is -2.66. The molecule has 322 valence electrons. The lowest BCUT2D eigenvalue weighted by Gasteiger charge is -2.70. The Kier molecular flexibility index (Phi) is 9.95. The van der Waals surface area contributed by atoms with Gasteiger partial charge in [-0.25, -0.2) is 0 Å². The Hall–Kier alpha value is -2.28. The minimum atomic E-state index is -0.711. The van der Waals surface area contributed by atoms with E-state index >= 15 is 0 Å². The van der Waals surface area contributed by atoms with Crippen LogP contribution < -0.4 is 0 Å². The Labute approximate surface area is 349 Å². The van der Waals surface area contributed by atoms with Gasteiger partial charge in [-0.05, 0) is 171 Å². The van der Waals surface area contributed by atoms with E-state index in [-0.39, 0.29) is 73.7 Å². The van der Waals surface area contributed by atoms with E-state index in [1.54, 1.807) is 0 Å². The average molecular weight is 801 g/mol.